The van der Waals surface area contributed by atoms with Gasteiger partial charge in [0.25, 0.3) is 0 Å². The first-order valence-electron chi connectivity index (χ1n) is 5.87. The van der Waals surface area contributed by atoms with Gasteiger partial charge in [0.15, 0.2) is 5.60 Å². The van der Waals surface area contributed by atoms with E-state index in [1.165, 1.54) is 0 Å². The molecular weight excluding hydrogens is 192 g/mol. The Morgan fingerprint density at radius 3 is 2.27 bits per heavy atom. The van der Waals surface area contributed by atoms with Gasteiger partial charge in [0, 0.05) is 0 Å². The van der Waals surface area contributed by atoms with Crippen LogP contribution in [0.4, 0.5) is 0 Å². The molecule has 0 radical (unpaired) electrons. The molecular formula is C12H22O3. The van der Waals surface area contributed by atoms with E-state index < -0.39 is 5.60 Å². The number of unbranched alkanes of at least 4 members (excludes halogenated alkanes) is 2. The molecule has 0 aromatic rings. The zero-order chi connectivity index (χ0) is 11.5. The van der Waals surface area contributed by atoms with Crippen molar-refractivity contribution in [2.45, 2.75) is 64.6 Å². The van der Waals surface area contributed by atoms with Crippen molar-refractivity contribution >= 4 is 5.97 Å². The molecule has 0 N–H and O–H groups in total. The van der Waals surface area contributed by atoms with Crippen molar-refractivity contribution in [1.29, 1.82) is 0 Å². The van der Waals surface area contributed by atoms with Crippen molar-refractivity contribution in [3.05, 3.63) is 0 Å². The van der Waals surface area contributed by atoms with Gasteiger partial charge in [-0.1, -0.05) is 19.8 Å². The van der Waals surface area contributed by atoms with Crippen LogP contribution < -0.4 is 0 Å². The summed E-state index contributed by atoms with van der Waals surface area (Å²) in [5.74, 6) is -0.189. The fourth-order valence-corrected chi connectivity index (χ4v) is 2.02. The monoisotopic (exact) mass is 214 g/mol. The first-order chi connectivity index (χ1) is 7.00. The Kier molecular flexibility index (Phi) is 3.77. The van der Waals surface area contributed by atoms with Crippen molar-refractivity contribution in [2.24, 2.45) is 0 Å². The van der Waals surface area contributed by atoms with Gasteiger partial charge < -0.3 is 9.47 Å². The van der Waals surface area contributed by atoms with Crippen LogP contribution >= 0.6 is 0 Å². The highest BCUT2D eigenvalue weighted by atomic mass is 16.7. The van der Waals surface area contributed by atoms with Crippen molar-refractivity contribution in [3.63, 3.8) is 0 Å². The van der Waals surface area contributed by atoms with Gasteiger partial charge in [0.2, 0.25) is 0 Å². The summed E-state index contributed by atoms with van der Waals surface area (Å²) in [4.78, 5) is 11.8. The van der Waals surface area contributed by atoms with Gasteiger partial charge in [-0.05, 0) is 33.6 Å². The second-order valence-corrected chi connectivity index (χ2v) is 4.62. The topological polar surface area (TPSA) is 38.8 Å². The van der Waals surface area contributed by atoms with Crippen LogP contribution in [0.3, 0.4) is 0 Å². The highest BCUT2D eigenvalue weighted by Gasteiger charge is 2.69. The van der Waals surface area contributed by atoms with Crippen molar-refractivity contribution < 1.29 is 14.3 Å². The summed E-state index contributed by atoms with van der Waals surface area (Å²) < 4.78 is 10.6. The Hall–Kier alpha value is -0.570. The number of epoxide rings is 1. The highest BCUT2D eigenvalue weighted by molar-refractivity contribution is 5.84. The second-order valence-electron chi connectivity index (χ2n) is 4.62. The number of hydrogen-bond donors (Lipinski definition) is 0. The molecule has 1 aliphatic rings. The SMILES string of the molecule is CCCCC[C@]1(C(=O)OCC)OC1(C)C. The predicted octanol–water partition coefficient (Wildman–Crippen LogP) is 2.68. The number of esters is 1. The molecule has 1 saturated heterocycles. The number of rotatable bonds is 6. The van der Waals surface area contributed by atoms with E-state index in [-0.39, 0.29) is 11.6 Å². The average Bonchev–Trinajstić information content (AvgIpc) is 2.71. The molecule has 15 heavy (non-hydrogen) atoms. The van der Waals surface area contributed by atoms with Crippen molar-refractivity contribution in [2.75, 3.05) is 6.61 Å². The van der Waals surface area contributed by atoms with E-state index in [1.807, 2.05) is 20.8 Å². The third-order valence-electron chi connectivity index (χ3n) is 3.10. The third-order valence-corrected chi connectivity index (χ3v) is 3.10. The van der Waals surface area contributed by atoms with E-state index in [9.17, 15) is 4.79 Å². The number of carbonyl (C=O) groups excluding carboxylic acids is 1. The van der Waals surface area contributed by atoms with E-state index in [0.29, 0.717) is 6.61 Å². The Bertz CT molecular complexity index is 235. The van der Waals surface area contributed by atoms with Gasteiger partial charge >= 0.3 is 5.97 Å². The maximum atomic E-state index is 11.8. The maximum Gasteiger partial charge on any atom is 0.341 e. The molecule has 0 spiro atoms. The molecule has 1 heterocycles. The first kappa shape index (κ1) is 12.5. The standard InChI is InChI=1S/C12H22O3/c1-5-7-8-9-12(10(13)14-6-2)11(3,4)15-12/h5-9H2,1-4H3/t12-/m1/s1. The molecule has 0 bridgehead atoms. The lowest BCUT2D eigenvalue weighted by Crippen LogP contribution is -2.33. The van der Waals surface area contributed by atoms with E-state index in [2.05, 4.69) is 6.92 Å². The Morgan fingerprint density at radius 1 is 1.27 bits per heavy atom. The fourth-order valence-electron chi connectivity index (χ4n) is 2.02. The minimum Gasteiger partial charge on any atom is -0.464 e. The van der Waals surface area contributed by atoms with Crippen LogP contribution in [0.1, 0.15) is 53.4 Å². The van der Waals surface area contributed by atoms with E-state index >= 15 is 0 Å². The number of ether oxygens (including phenoxy) is 2. The molecule has 0 amide bonds. The Labute approximate surface area is 92.1 Å². The minimum atomic E-state index is -0.655. The van der Waals surface area contributed by atoms with Gasteiger partial charge in [-0.25, -0.2) is 4.79 Å². The van der Waals surface area contributed by atoms with E-state index in [1.54, 1.807) is 0 Å². The lowest BCUT2D eigenvalue weighted by atomic mass is 9.90. The molecule has 0 unspecified atom stereocenters. The number of hydrogen-bond acceptors (Lipinski definition) is 3. The molecule has 0 aromatic carbocycles. The van der Waals surface area contributed by atoms with Crippen molar-refractivity contribution in [1.82, 2.24) is 0 Å². The lowest BCUT2D eigenvalue weighted by Gasteiger charge is -2.13. The largest absolute Gasteiger partial charge is 0.464 e. The van der Waals surface area contributed by atoms with Gasteiger partial charge in [-0.15, -0.1) is 0 Å². The summed E-state index contributed by atoms with van der Waals surface area (Å²) in [6, 6.07) is 0. The molecule has 3 nitrogen and oxygen atoms in total. The molecule has 0 saturated carbocycles. The molecule has 0 aliphatic carbocycles. The summed E-state index contributed by atoms with van der Waals surface area (Å²) >= 11 is 0. The fraction of sp³-hybridized carbons (Fsp3) is 0.917. The van der Waals surface area contributed by atoms with Crippen LogP contribution in [-0.2, 0) is 14.3 Å². The van der Waals surface area contributed by atoms with E-state index in [4.69, 9.17) is 9.47 Å². The predicted molar refractivity (Wildman–Crippen MR) is 58.7 cm³/mol. The van der Waals surface area contributed by atoms with Crippen LogP contribution in [0.5, 0.6) is 0 Å². The molecule has 1 fully saturated rings. The second kappa shape index (κ2) is 4.52. The van der Waals surface area contributed by atoms with Crippen LogP contribution in [0.2, 0.25) is 0 Å². The van der Waals surface area contributed by atoms with Gasteiger partial charge in [-0.3, -0.25) is 0 Å². The third kappa shape index (κ3) is 2.33. The summed E-state index contributed by atoms with van der Waals surface area (Å²) in [6.45, 7) is 8.31. The lowest BCUT2D eigenvalue weighted by molar-refractivity contribution is -0.149. The average molecular weight is 214 g/mol. The van der Waals surface area contributed by atoms with Gasteiger partial charge in [0.05, 0.1) is 6.61 Å². The molecule has 88 valence electrons. The summed E-state index contributed by atoms with van der Waals surface area (Å²) in [5.41, 5.74) is -0.995. The summed E-state index contributed by atoms with van der Waals surface area (Å²) in [7, 11) is 0. The summed E-state index contributed by atoms with van der Waals surface area (Å²) in [5, 5.41) is 0. The van der Waals surface area contributed by atoms with Crippen molar-refractivity contribution in [3.8, 4) is 0 Å². The molecule has 1 atom stereocenters. The molecule has 0 aromatic heterocycles. The number of carbonyl (C=O) groups is 1. The molecule has 1 aliphatic heterocycles. The first-order valence-corrected chi connectivity index (χ1v) is 5.87. The normalized spacial score (nSPS) is 27.5. The van der Waals surface area contributed by atoms with Gasteiger partial charge in [0.1, 0.15) is 5.60 Å². The molecule has 1 rings (SSSR count). The highest BCUT2D eigenvalue weighted by Crippen LogP contribution is 2.51. The zero-order valence-corrected chi connectivity index (χ0v) is 10.3. The van der Waals surface area contributed by atoms with Crippen LogP contribution in [0.25, 0.3) is 0 Å². The quantitative estimate of drug-likeness (QED) is 0.387. The van der Waals surface area contributed by atoms with Crippen LogP contribution in [0, 0.1) is 0 Å². The summed E-state index contributed by atoms with van der Waals surface area (Å²) in [6.07, 6.45) is 4.10. The zero-order valence-electron chi connectivity index (χ0n) is 10.3. The Morgan fingerprint density at radius 2 is 1.87 bits per heavy atom. The Balaban J connectivity index is 2.54. The van der Waals surface area contributed by atoms with Gasteiger partial charge in [-0.2, -0.15) is 0 Å². The minimum absolute atomic E-state index is 0.189. The van der Waals surface area contributed by atoms with E-state index in [0.717, 1.165) is 25.7 Å². The maximum absolute atomic E-state index is 11.8. The van der Waals surface area contributed by atoms with Crippen LogP contribution in [0.15, 0.2) is 0 Å². The van der Waals surface area contributed by atoms with Crippen LogP contribution in [-0.4, -0.2) is 23.8 Å². The smallest absolute Gasteiger partial charge is 0.341 e. The molecule has 3 heteroatoms.